The Balaban J connectivity index is 1.57. The van der Waals surface area contributed by atoms with Gasteiger partial charge in [0, 0.05) is 53.6 Å². The molecule has 7 nitrogen and oxygen atoms in total. The second-order valence-corrected chi connectivity index (χ2v) is 7.22. The molecule has 4 aromatic rings. The smallest absolute Gasteiger partial charge is 0.251 e. The SMILES string of the molecule is CCNC(=O)c1cccc(NC(=O)/C=C/c2cn(-c3ccccc3)nc2-c2cccnc2)c1. The molecule has 33 heavy (non-hydrogen) atoms. The third kappa shape index (κ3) is 5.40. The summed E-state index contributed by atoms with van der Waals surface area (Å²) in [5.74, 6) is -0.494. The summed E-state index contributed by atoms with van der Waals surface area (Å²) >= 11 is 0. The van der Waals surface area contributed by atoms with Crippen LogP contribution in [0.15, 0.2) is 91.4 Å². The van der Waals surface area contributed by atoms with E-state index in [2.05, 4.69) is 15.6 Å². The molecule has 0 saturated heterocycles. The van der Waals surface area contributed by atoms with Crippen molar-refractivity contribution >= 4 is 23.6 Å². The molecule has 2 N–H and O–H groups in total. The van der Waals surface area contributed by atoms with Crippen molar-refractivity contribution in [3.8, 4) is 16.9 Å². The van der Waals surface area contributed by atoms with Crippen molar-refractivity contribution in [2.75, 3.05) is 11.9 Å². The molecule has 164 valence electrons. The van der Waals surface area contributed by atoms with Crippen molar-refractivity contribution in [1.82, 2.24) is 20.1 Å². The Morgan fingerprint density at radius 3 is 2.64 bits per heavy atom. The van der Waals surface area contributed by atoms with E-state index in [4.69, 9.17) is 5.10 Å². The summed E-state index contributed by atoms with van der Waals surface area (Å²) in [6.45, 7) is 2.39. The molecule has 2 aromatic heterocycles. The van der Waals surface area contributed by atoms with Crippen molar-refractivity contribution in [1.29, 1.82) is 0 Å². The van der Waals surface area contributed by atoms with Crippen molar-refractivity contribution in [2.24, 2.45) is 0 Å². The number of amides is 2. The quantitative estimate of drug-likeness (QED) is 0.421. The largest absolute Gasteiger partial charge is 0.352 e. The molecule has 2 aromatic carbocycles. The molecule has 0 aliphatic heterocycles. The van der Waals surface area contributed by atoms with E-state index in [9.17, 15) is 9.59 Å². The zero-order valence-electron chi connectivity index (χ0n) is 18.1. The first-order valence-electron chi connectivity index (χ1n) is 10.6. The molecular formula is C26H23N5O2. The average Bonchev–Trinajstić information content (AvgIpc) is 3.29. The van der Waals surface area contributed by atoms with Crippen LogP contribution < -0.4 is 10.6 Å². The van der Waals surface area contributed by atoms with Crippen LogP contribution in [0.2, 0.25) is 0 Å². The van der Waals surface area contributed by atoms with Crippen LogP contribution in [-0.4, -0.2) is 33.1 Å². The zero-order chi connectivity index (χ0) is 23.0. The van der Waals surface area contributed by atoms with Gasteiger partial charge in [-0.15, -0.1) is 0 Å². The van der Waals surface area contributed by atoms with Gasteiger partial charge in [0.05, 0.1) is 5.69 Å². The summed E-state index contributed by atoms with van der Waals surface area (Å²) in [5.41, 5.74) is 4.28. The van der Waals surface area contributed by atoms with E-state index < -0.39 is 0 Å². The minimum absolute atomic E-state index is 0.182. The standard InChI is InChI=1S/C26H23N5O2/c1-2-28-26(33)19-8-6-10-22(16-19)29-24(32)14-13-21-18-31(23-11-4-3-5-12-23)30-25(21)20-9-7-15-27-17-20/h3-18H,2H2,1H3,(H,28,33)(H,29,32)/b14-13+. The van der Waals surface area contributed by atoms with Crippen molar-refractivity contribution < 1.29 is 9.59 Å². The number of carbonyl (C=O) groups is 2. The number of nitrogens with one attached hydrogen (secondary N) is 2. The van der Waals surface area contributed by atoms with Gasteiger partial charge in [-0.1, -0.05) is 24.3 Å². The lowest BCUT2D eigenvalue weighted by Crippen LogP contribution is -2.22. The predicted octanol–water partition coefficient (Wildman–Crippen LogP) is 4.34. The van der Waals surface area contributed by atoms with Crippen molar-refractivity contribution in [2.45, 2.75) is 6.92 Å². The van der Waals surface area contributed by atoms with Gasteiger partial charge in [0.25, 0.3) is 5.91 Å². The fourth-order valence-electron chi connectivity index (χ4n) is 3.30. The lowest BCUT2D eigenvalue weighted by molar-refractivity contribution is -0.111. The predicted molar refractivity (Wildman–Crippen MR) is 129 cm³/mol. The highest BCUT2D eigenvalue weighted by atomic mass is 16.2. The molecular weight excluding hydrogens is 414 g/mol. The van der Waals surface area contributed by atoms with Gasteiger partial charge in [-0.05, 0) is 55.5 Å². The number of hydrogen-bond acceptors (Lipinski definition) is 4. The lowest BCUT2D eigenvalue weighted by Gasteiger charge is -2.06. The Bertz CT molecular complexity index is 1280. The van der Waals surface area contributed by atoms with Crippen LogP contribution in [0.4, 0.5) is 5.69 Å². The van der Waals surface area contributed by atoms with Crippen LogP contribution in [0.5, 0.6) is 0 Å². The number of hydrogen-bond donors (Lipinski definition) is 2. The number of benzene rings is 2. The number of nitrogens with zero attached hydrogens (tertiary/aromatic N) is 3. The highest BCUT2D eigenvalue weighted by Crippen LogP contribution is 2.24. The van der Waals surface area contributed by atoms with E-state index in [0.717, 1.165) is 16.8 Å². The van der Waals surface area contributed by atoms with Crippen LogP contribution in [0.25, 0.3) is 23.0 Å². The van der Waals surface area contributed by atoms with Crippen molar-refractivity contribution in [3.05, 3.63) is 103 Å². The van der Waals surface area contributed by atoms with Gasteiger partial charge in [0.2, 0.25) is 5.91 Å². The van der Waals surface area contributed by atoms with E-state index >= 15 is 0 Å². The van der Waals surface area contributed by atoms with E-state index in [-0.39, 0.29) is 11.8 Å². The highest BCUT2D eigenvalue weighted by molar-refractivity contribution is 6.03. The third-order valence-electron chi connectivity index (χ3n) is 4.84. The molecule has 0 fully saturated rings. The second-order valence-electron chi connectivity index (χ2n) is 7.22. The number of pyridine rings is 1. The number of aromatic nitrogens is 3. The van der Waals surface area contributed by atoms with Crippen molar-refractivity contribution in [3.63, 3.8) is 0 Å². The Morgan fingerprint density at radius 2 is 1.88 bits per heavy atom. The molecule has 0 unspecified atom stereocenters. The fourth-order valence-corrected chi connectivity index (χ4v) is 3.30. The van der Waals surface area contributed by atoms with E-state index in [1.807, 2.05) is 55.6 Å². The maximum atomic E-state index is 12.6. The van der Waals surface area contributed by atoms with E-state index in [1.165, 1.54) is 6.08 Å². The molecule has 7 heteroatoms. The first-order chi connectivity index (χ1) is 16.1. The highest BCUT2D eigenvalue weighted by Gasteiger charge is 2.11. The van der Waals surface area contributed by atoms with Gasteiger partial charge in [0.1, 0.15) is 5.69 Å². The molecule has 0 bridgehead atoms. The Hall–Kier alpha value is -4.52. The number of para-hydroxylation sites is 1. The summed E-state index contributed by atoms with van der Waals surface area (Å²) in [6, 6.07) is 20.3. The normalized spacial score (nSPS) is 10.8. The summed E-state index contributed by atoms with van der Waals surface area (Å²) in [4.78, 5) is 28.8. The summed E-state index contributed by atoms with van der Waals surface area (Å²) < 4.78 is 1.77. The van der Waals surface area contributed by atoms with Gasteiger partial charge in [-0.2, -0.15) is 5.10 Å². The molecule has 0 saturated carbocycles. The molecule has 0 spiro atoms. The van der Waals surface area contributed by atoms with Crippen LogP contribution >= 0.6 is 0 Å². The van der Waals surface area contributed by atoms with Gasteiger partial charge < -0.3 is 10.6 Å². The topological polar surface area (TPSA) is 88.9 Å². The molecule has 0 aliphatic carbocycles. The molecule has 0 radical (unpaired) electrons. The lowest BCUT2D eigenvalue weighted by atomic mass is 10.1. The monoisotopic (exact) mass is 437 g/mol. The van der Waals surface area contributed by atoms with E-state index in [1.54, 1.807) is 47.4 Å². The third-order valence-corrected chi connectivity index (χ3v) is 4.84. The first-order valence-corrected chi connectivity index (χ1v) is 10.6. The van der Waals surface area contributed by atoms with Crippen LogP contribution in [0, 0.1) is 0 Å². The number of rotatable bonds is 7. The summed E-state index contributed by atoms with van der Waals surface area (Å²) in [7, 11) is 0. The first kappa shape index (κ1) is 21.7. The second kappa shape index (κ2) is 10.2. The van der Waals surface area contributed by atoms with Crippen LogP contribution in [0.1, 0.15) is 22.8 Å². The van der Waals surface area contributed by atoms with E-state index in [0.29, 0.717) is 23.5 Å². The Morgan fingerprint density at radius 1 is 1.03 bits per heavy atom. The minimum atomic E-state index is -0.312. The van der Waals surface area contributed by atoms with Crippen LogP contribution in [0.3, 0.4) is 0 Å². The minimum Gasteiger partial charge on any atom is -0.352 e. The Labute approximate surface area is 191 Å². The maximum absolute atomic E-state index is 12.6. The molecule has 0 atom stereocenters. The zero-order valence-corrected chi connectivity index (χ0v) is 18.1. The fraction of sp³-hybridized carbons (Fsp3) is 0.0769. The van der Waals surface area contributed by atoms with Crippen LogP contribution in [-0.2, 0) is 4.79 Å². The summed E-state index contributed by atoms with van der Waals surface area (Å²) in [5, 5.41) is 10.3. The molecule has 2 amide bonds. The number of anilines is 1. The van der Waals surface area contributed by atoms with Gasteiger partial charge >= 0.3 is 0 Å². The molecule has 2 heterocycles. The molecule has 4 rings (SSSR count). The number of carbonyl (C=O) groups excluding carboxylic acids is 2. The molecule has 0 aliphatic rings. The van der Waals surface area contributed by atoms with Gasteiger partial charge in [-0.3, -0.25) is 14.6 Å². The maximum Gasteiger partial charge on any atom is 0.251 e. The summed E-state index contributed by atoms with van der Waals surface area (Å²) in [6.07, 6.45) is 8.48. The van der Waals surface area contributed by atoms with Gasteiger partial charge in [0.15, 0.2) is 0 Å². The van der Waals surface area contributed by atoms with Gasteiger partial charge in [-0.25, -0.2) is 4.68 Å². The average molecular weight is 438 g/mol. The Kier molecular flexibility index (Phi) is 6.70.